The fourth-order valence-electron chi connectivity index (χ4n) is 2.45. The van der Waals surface area contributed by atoms with E-state index in [1.54, 1.807) is 0 Å². The van der Waals surface area contributed by atoms with Gasteiger partial charge in [-0.15, -0.1) is 0 Å². The van der Waals surface area contributed by atoms with Gasteiger partial charge in [0.05, 0.1) is 0 Å². The van der Waals surface area contributed by atoms with Crippen LogP contribution in [0.1, 0.15) is 39.5 Å². The Morgan fingerprint density at radius 1 is 1.00 bits per heavy atom. The van der Waals surface area contributed by atoms with Crippen LogP contribution in [0.15, 0.2) is 42.7 Å². The van der Waals surface area contributed by atoms with Gasteiger partial charge in [0.15, 0.2) is 0 Å². The highest BCUT2D eigenvalue weighted by Crippen LogP contribution is 2.24. The minimum absolute atomic E-state index is 0.439. The Labute approximate surface area is 111 Å². The first-order valence-electron chi connectivity index (χ1n) is 7.10. The van der Waals surface area contributed by atoms with Gasteiger partial charge in [0, 0.05) is 24.6 Å². The predicted molar refractivity (Wildman–Crippen MR) is 78.4 cm³/mol. The highest BCUT2D eigenvalue weighted by molar-refractivity contribution is 5.51. The first kappa shape index (κ1) is 13.0. The number of unbranched alkanes of at least 4 members (excludes halogenated alkanes) is 3. The van der Waals surface area contributed by atoms with Crippen LogP contribution in [0.25, 0.3) is 0 Å². The van der Waals surface area contributed by atoms with Gasteiger partial charge in [-0.05, 0) is 25.5 Å². The molecule has 0 N–H and O–H groups in total. The minimum atomic E-state index is 0.439. The normalized spacial score (nSPS) is 18.7. The fourth-order valence-corrected chi connectivity index (χ4v) is 2.45. The largest absolute Gasteiger partial charge is 0.356 e. The number of rotatable bonds is 6. The van der Waals surface area contributed by atoms with Crippen LogP contribution in [0.4, 0.5) is 5.69 Å². The summed E-state index contributed by atoms with van der Waals surface area (Å²) in [6.07, 6.45) is 10.2. The standard InChI is InChI=1S/C16H24N2/c1-3-4-5-9-12-17-13-14-18(15(17)2)16-10-7-6-8-11-16/h6-8,10-11,13-15H,3-5,9,12H2,1-2H3. The summed E-state index contributed by atoms with van der Waals surface area (Å²) in [6, 6.07) is 10.6. The molecule has 1 aliphatic heterocycles. The maximum Gasteiger partial charge on any atom is 0.102 e. The van der Waals surface area contributed by atoms with Crippen molar-refractivity contribution < 1.29 is 0 Å². The molecule has 98 valence electrons. The van der Waals surface area contributed by atoms with Gasteiger partial charge < -0.3 is 9.80 Å². The van der Waals surface area contributed by atoms with Gasteiger partial charge in [-0.1, -0.05) is 44.4 Å². The van der Waals surface area contributed by atoms with Crippen molar-refractivity contribution in [1.82, 2.24) is 4.90 Å². The van der Waals surface area contributed by atoms with Crippen LogP contribution in [0, 0.1) is 0 Å². The molecule has 0 aromatic heterocycles. The van der Waals surface area contributed by atoms with Gasteiger partial charge in [0.1, 0.15) is 6.17 Å². The second-order valence-corrected chi connectivity index (χ2v) is 4.97. The molecule has 1 aromatic rings. The zero-order chi connectivity index (χ0) is 12.8. The van der Waals surface area contributed by atoms with Crippen LogP contribution in [0.2, 0.25) is 0 Å². The third kappa shape index (κ3) is 3.06. The Morgan fingerprint density at radius 3 is 2.50 bits per heavy atom. The van der Waals surface area contributed by atoms with E-state index in [2.05, 4.69) is 66.4 Å². The van der Waals surface area contributed by atoms with E-state index in [9.17, 15) is 0 Å². The van der Waals surface area contributed by atoms with E-state index < -0.39 is 0 Å². The monoisotopic (exact) mass is 244 g/mol. The van der Waals surface area contributed by atoms with Gasteiger partial charge in [-0.3, -0.25) is 0 Å². The molecule has 1 aromatic carbocycles. The van der Waals surface area contributed by atoms with E-state index in [0.29, 0.717) is 6.17 Å². The zero-order valence-electron chi connectivity index (χ0n) is 11.5. The summed E-state index contributed by atoms with van der Waals surface area (Å²) in [5.74, 6) is 0. The predicted octanol–water partition coefficient (Wildman–Crippen LogP) is 4.21. The molecule has 2 heteroatoms. The number of anilines is 1. The Balaban J connectivity index is 1.86. The maximum atomic E-state index is 2.43. The summed E-state index contributed by atoms with van der Waals surface area (Å²) in [6.45, 7) is 5.70. The highest BCUT2D eigenvalue weighted by atomic mass is 15.4. The van der Waals surface area contributed by atoms with E-state index in [1.807, 2.05) is 0 Å². The van der Waals surface area contributed by atoms with Crippen LogP contribution < -0.4 is 4.90 Å². The Morgan fingerprint density at radius 2 is 1.78 bits per heavy atom. The van der Waals surface area contributed by atoms with Gasteiger partial charge in [-0.2, -0.15) is 0 Å². The molecule has 0 radical (unpaired) electrons. The lowest BCUT2D eigenvalue weighted by atomic mass is 10.2. The summed E-state index contributed by atoms with van der Waals surface area (Å²) in [7, 11) is 0. The molecule has 0 aliphatic carbocycles. The summed E-state index contributed by atoms with van der Waals surface area (Å²) >= 11 is 0. The number of hydrogen-bond acceptors (Lipinski definition) is 2. The lowest BCUT2D eigenvalue weighted by molar-refractivity contribution is 0.310. The first-order chi connectivity index (χ1) is 8.83. The number of benzene rings is 1. The second kappa shape index (κ2) is 6.48. The first-order valence-corrected chi connectivity index (χ1v) is 7.10. The van der Waals surface area contributed by atoms with Crippen LogP contribution in [0.5, 0.6) is 0 Å². The molecule has 18 heavy (non-hydrogen) atoms. The van der Waals surface area contributed by atoms with Crippen molar-refractivity contribution >= 4 is 5.69 Å². The molecule has 2 rings (SSSR count). The van der Waals surface area contributed by atoms with Gasteiger partial charge >= 0.3 is 0 Å². The van der Waals surface area contributed by atoms with E-state index in [0.717, 1.165) is 0 Å². The maximum absolute atomic E-state index is 2.43. The second-order valence-electron chi connectivity index (χ2n) is 4.97. The van der Waals surface area contributed by atoms with Crippen molar-refractivity contribution in [2.24, 2.45) is 0 Å². The van der Waals surface area contributed by atoms with Gasteiger partial charge in [-0.25, -0.2) is 0 Å². The van der Waals surface area contributed by atoms with Crippen LogP contribution in [-0.4, -0.2) is 17.6 Å². The topological polar surface area (TPSA) is 6.48 Å². The molecule has 1 aliphatic rings. The van der Waals surface area contributed by atoms with Crippen molar-refractivity contribution in [3.63, 3.8) is 0 Å². The molecule has 0 fully saturated rings. The molecule has 1 heterocycles. The van der Waals surface area contributed by atoms with Crippen molar-refractivity contribution in [3.05, 3.63) is 42.7 Å². The molecular weight excluding hydrogens is 220 g/mol. The van der Waals surface area contributed by atoms with E-state index in [4.69, 9.17) is 0 Å². The van der Waals surface area contributed by atoms with Gasteiger partial charge in [0.2, 0.25) is 0 Å². The third-order valence-corrected chi connectivity index (χ3v) is 3.63. The van der Waals surface area contributed by atoms with Gasteiger partial charge in [0.25, 0.3) is 0 Å². The summed E-state index contributed by atoms with van der Waals surface area (Å²) in [5.41, 5.74) is 1.28. The minimum Gasteiger partial charge on any atom is -0.356 e. The average Bonchev–Trinajstić information content (AvgIpc) is 2.77. The molecular formula is C16H24N2. The Hall–Kier alpha value is -1.44. The molecule has 0 amide bonds. The lowest BCUT2D eigenvalue weighted by Gasteiger charge is -2.29. The van der Waals surface area contributed by atoms with Crippen molar-refractivity contribution in [2.75, 3.05) is 11.4 Å². The molecule has 0 bridgehead atoms. The molecule has 1 atom stereocenters. The van der Waals surface area contributed by atoms with Crippen LogP contribution in [-0.2, 0) is 0 Å². The quantitative estimate of drug-likeness (QED) is 0.692. The molecule has 0 spiro atoms. The molecule has 0 saturated heterocycles. The summed E-state index contributed by atoms with van der Waals surface area (Å²) in [5, 5.41) is 0. The number of para-hydroxylation sites is 1. The average molecular weight is 244 g/mol. The van der Waals surface area contributed by atoms with Crippen molar-refractivity contribution in [2.45, 2.75) is 45.7 Å². The highest BCUT2D eigenvalue weighted by Gasteiger charge is 2.21. The van der Waals surface area contributed by atoms with E-state index >= 15 is 0 Å². The molecule has 2 nitrogen and oxygen atoms in total. The zero-order valence-corrected chi connectivity index (χ0v) is 11.5. The van der Waals surface area contributed by atoms with Crippen molar-refractivity contribution in [3.8, 4) is 0 Å². The van der Waals surface area contributed by atoms with Crippen LogP contribution in [0.3, 0.4) is 0 Å². The SMILES string of the molecule is CCCCCCN1C=CN(c2ccccc2)C1C. The Bertz CT molecular complexity index is 372. The smallest absolute Gasteiger partial charge is 0.102 e. The van der Waals surface area contributed by atoms with Crippen molar-refractivity contribution in [1.29, 1.82) is 0 Å². The lowest BCUT2D eigenvalue weighted by Crippen LogP contribution is -2.36. The van der Waals surface area contributed by atoms with E-state index in [-0.39, 0.29) is 0 Å². The summed E-state index contributed by atoms with van der Waals surface area (Å²) < 4.78 is 0. The number of nitrogens with zero attached hydrogens (tertiary/aromatic N) is 2. The fraction of sp³-hybridized carbons (Fsp3) is 0.500. The van der Waals surface area contributed by atoms with E-state index in [1.165, 1.54) is 37.9 Å². The molecule has 0 saturated carbocycles. The number of hydrogen-bond donors (Lipinski definition) is 0. The molecule has 1 unspecified atom stereocenters. The van der Waals surface area contributed by atoms with Crippen LogP contribution >= 0.6 is 0 Å². The Kier molecular flexibility index (Phi) is 4.68. The third-order valence-electron chi connectivity index (χ3n) is 3.63. The summed E-state index contributed by atoms with van der Waals surface area (Å²) in [4.78, 5) is 4.77.